The lowest BCUT2D eigenvalue weighted by Crippen LogP contribution is -2.13. The minimum absolute atomic E-state index is 0.0438. The summed E-state index contributed by atoms with van der Waals surface area (Å²) in [4.78, 5) is 14.2. The van der Waals surface area contributed by atoms with Crippen molar-refractivity contribution in [3.8, 4) is 0 Å². The van der Waals surface area contributed by atoms with Crippen LogP contribution in [-0.2, 0) is 6.18 Å². The van der Waals surface area contributed by atoms with Crippen LogP contribution in [0.4, 0.5) is 13.2 Å². The molecule has 0 atom stereocenters. The maximum absolute atomic E-state index is 12.6. The molecule has 2 heterocycles. The second kappa shape index (κ2) is 3.22. The third kappa shape index (κ3) is 1.50. The average molecular weight is 229 g/mol. The highest BCUT2D eigenvalue weighted by molar-refractivity contribution is 5.97. The normalized spacial score (nSPS) is 11.9. The zero-order chi connectivity index (χ0) is 11.9. The van der Waals surface area contributed by atoms with Gasteiger partial charge in [-0.15, -0.1) is 0 Å². The molecule has 0 spiro atoms. The summed E-state index contributed by atoms with van der Waals surface area (Å²) in [6.07, 6.45) is -3.45. The molecule has 0 aliphatic carbocycles. The maximum atomic E-state index is 12.6. The maximum Gasteiger partial charge on any atom is 0.450 e. The molecule has 0 unspecified atom stereocenters. The Balaban J connectivity index is 2.82. The number of pyridine rings is 1. The molecule has 0 saturated carbocycles. The summed E-state index contributed by atoms with van der Waals surface area (Å²) in [5, 5.41) is 0. The Morgan fingerprint density at radius 2 is 2.06 bits per heavy atom. The van der Waals surface area contributed by atoms with Gasteiger partial charge < -0.3 is 5.73 Å². The third-order valence-corrected chi connectivity index (χ3v) is 2.04. The van der Waals surface area contributed by atoms with Crippen molar-refractivity contribution in [1.82, 2.24) is 9.38 Å². The number of primary amides is 1. The molecular weight excluding hydrogens is 223 g/mol. The minimum atomic E-state index is -4.63. The first-order chi connectivity index (χ1) is 7.41. The molecule has 2 aromatic heterocycles. The number of nitrogens with zero attached hydrogens (tertiary/aromatic N) is 2. The van der Waals surface area contributed by atoms with Crippen LogP contribution in [0.25, 0.3) is 5.52 Å². The van der Waals surface area contributed by atoms with Crippen molar-refractivity contribution < 1.29 is 18.0 Å². The fourth-order valence-corrected chi connectivity index (χ4v) is 1.42. The Morgan fingerprint density at radius 1 is 1.38 bits per heavy atom. The van der Waals surface area contributed by atoms with Gasteiger partial charge in [0, 0.05) is 6.20 Å². The number of carbonyl (C=O) groups is 1. The second-order valence-corrected chi connectivity index (χ2v) is 3.10. The first-order valence-corrected chi connectivity index (χ1v) is 4.25. The summed E-state index contributed by atoms with van der Waals surface area (Å²) in [6.45, 7) is 0. The lowest BCUT2D eigenvalue weighted by Gasteiger charge is -2.03. The molecule has 0 saturated heterocycles. The topological polar surface area (TPSA) is 60.4 Å². The van der Waals surface area contributed by atoms with Gasteiger partial charge in [0.1, 0.15) is 0 Å². The zero-order valence-corrected chi connectivity index (χ0v) is 7.82. The Labute approximate surface area is 87.5 Å². The van der Waals surface area contributed by atoms with E-state index in [-0.39, 0.29) is 11.2 Å². The molecule has 84 valence electrons. The molecule has 0 bridgehead atoms. The molecule has 2 N–H and O–H groups in total. The van der Waals surface area contributed by atoms with E-state index >= 15 is 0 Å². The van der Waals surface area contributed by atoms with Crippen LogP contribution >= 0.6 is 0 Å². The van der Waals surface area contributed by atoms with Gasteiger partial charge in [0.2, 0.25) is 5.82 Å². The van der Waals surface area contributed by atoms with E-state index in [2.05, 4.69) is 4.98 Å². The van der Waals surface area contributed by atoms with Gasteiger partial charge in [0.05, 0.1) is 5.52 Å². The molecule has 7 heteroatoms. The number of amides is 1. The second-order valence-electron chi connectivity index (χ2n) is 3.10. The number of carbonyl (C=O) groups excluding carboxylic acids is 1. The lowest BCUT2D eigenvalue weighted by atomic mass is 10.3. The molecule has 0 aromatic carbocycles. The van der Waals surface area contributed by atoms with Crippen LogP contribution in [-0.4, -0.2) is 15.3 Å². The predicted octanol–water partition coefficient (Wildman–Crippen LogP) is 1.45. The Morgan fingerprint density at radius 3 is 2.62 bits per heavy atom. The standard InChI is InChI=1S/C9H6F3N3O/c10-9(11,12)8-14-6(7(13)16)5-3-1-2-4-15(5)8/h1-4H,(H2,13,16). The summed E-state index contributed by atoms with van der Waals surface area (Å²) in [5.41, 5.74) is 4.62. The van der Waals surface area contributed by atoms with E-state index in [1.54, 1.807) is 0 Å². The Hall–Kier alpha value is -2.05. The lowest BCUT2D eigenvalue weighted by molar-refractivity contribution is -0.145. The number of hydrogen-bond acceptors (Lipinski definition) is 2. The fourth-order valence-electron chi connectivity index (χ4n) is 1.42. The van der Waals surface area contributed by atoms with Crippen LogP contribution in [0.2, 0.25) is 0 Å². The van der Waals surface area contributed by atoms with E-state index in [9.17, 15) is 18.0 Å². The number of nitrogens with two attached hydrogens (primary N) is 1. The fraction of sp³-hybridized carbons (Fsp3) is 0.111. The first kappa shape index (κ1) is 10.5. The predicted molar refractivity (Wildman–Crippen MR) is 48.7 cm³/mol. The summed E-state index contributed by atoms with van der Waals surface area (Å²) in [7, 11) is 0. The van der Waals surface area contributed by atoms with Crippen LogP contribution in [0.5, 0.6) is 0 Å². The number of imidazole rings is 1. The Bertz CT molecular complexity index is 559. The van der Waals surface area contributed by atoms with E-state index in [1.165, 1.54) is 24.4 Å². The van der Waals surface area contributed by atoms with Crippen molar-refractivity contribution >= 4 is 11.4 Å². The molecule has 0 aliphatic heterocycles. The monoisotopic (exact) mass is 229 g/mol. The highest BCUT2D eigenvalue weighted by atomic mass is 19.4. The van der Waals surface area contributed by atoms with Crippen molar-refractivity contribution in [1.29, 1.82) is 0 Å². The van der Waals surface area contributed by atoms with Gasteiger partial charge in [0.25, 0.3) is 5.91 Å². The molecule has 0 radical (unpaired) electrons. The third-order valence-electron chi connectivity index (χ3n) is 2.04. The number of alkyl halides is 3. The van der Waals surface area contributed by atoms with Gasteiger partial charge in [-0.25, -0.2) is 4.98 Å². The summed E-state index contributed by atoms with van der Waals surface area (Å²) in [5.74, 6) is -2.14. The summed E-state index contributed by atoms with van der Waals surface area (Å²) >= 11 is 0. The number of fused-ring (bicyclic) bond motifs is 1. The number of aromatic nitrogens is 2. The van der Waals surface area contributed by atoms with Crippen LogP contribution in [0.1, 0.15) is 16.3 Å². The van der Waals surface area contributed by atoms with Gasteiger partial charge in [-0.3, -0.25) is 9.20 Å². The van der Waals surface area contributed by atoms with E-state index in [0.717, 1.165) is 4.40 Å². The molecular formula is C9H6F3N3O. The molecule has 0 aliphatic rings. The minimum Gasteiger partial charge on any atom is -0.364 e. The van der Waals surface area contributed by atoms with Crippen molar-refractivity contribution in [2.45, 2.75) is 6.18 Å². The molecule has 2 aromatic rings. The molecule has 16 heavy (non-hydrogen) atoms. The smallest absolute Gasteiger partial charge is 0.364 e. The van der Waals surface area contributed by atoms with Gasteiger partial charge in [0.15, 0.2) is 5.69 Å². The highest BCUT2D eigenvalue weighted by Crippen LogP contribution is 2.29. The van der Waals surface area contributed by atoms with Crippen molar-refractivity contribution in [3.05, 3.63) is 35.9 Å². The quantitative estimate of drug-likeness (QED) is 0.804. The number of hydrogen-bond donors (Lipinski definition) is 1. The van der Waals surface area contributed by atoms with Gasteiger partial charge >= 0.3 is 6.18 Å². The highest BCUT2D eigenvalue weighted by Gasteiger charge is 2.37. The van der Waals surface area contributed by atoms with Crippen LogP contribution in [0.15, 0.2) is 24.4 Å². The number of halogens is 3. The van der Waals surface area contributed by atoms with Crippen molar-refractivity contribution in [2.75, 3.05) is 0 Å². The van der Waals surface area contributed by atoms with Crippen molar-refractivity contribution in [3.63, 3.8) is 0 Å². The number of rotatable bonds is 1. The molecule has 1 amide bonds. The molecule has 2 rings (SSSR count). The molecule has 4 nitrogen and oxygen atoms in total. The first-order valence-electron chi connectivity index (χ1n) is 4.25. The van der Waals surface area contributed by atoms with Crippen molar-refractivity contribution in [2.24, 2.45) is 5.73 Å². The summed E-state index contributed by atoms with van der Waals surface area (Å²) < 4.78 is 38.5. The van der Waals surface area contributed by atoms with E-state index in [4.69, 9.17) is 5.73 Å². The zero-order valence-electron chi connectivity index (χ0n) is 7.82. The Kier molecular flexibility index (Phi) is 2.11. The van der Waals surface area contributed by atoms with E-state index in [1.807, 2.05) is 0 Å². The average Bonchev–Trinajstić information content (AvgIpc) is 2.56. The largest absolute Gasteiger partial charge is 0.450 e. The van der Waals surface area contributed by atoms with Crippen LogP contribution < -0.4 is 5.73 Å². The van der Waals surface area contributed by atoms with Gasteiger partial charge in [-0.05, 0) is 12.1 Å². The molecule has 0 fully saturated rings. The van der Waals surface area contributed by atoms with Crippen LogP contribution in [0, 0.1) is 0 Å². The van der Waals surface area contributed by atoms with Crippen LogP contribution in [0.3, 0.4) is 0 Å². The summed E-state index contributed by atoms with van der Waals surface area (Å²) in [6, 6.07) is 4.26. The van der Waals surface area contributed by atoms with Gasteiger partial charge in [-0.1, -0.05) is 6.07 Å². The SMILES string of the molecule is NC(=O)c1nc(C(F)(F)F)n2ccccc12. The van der Waals surface area contributed by atoms with Gasteiger partial charge in [-0.2, -0.15) is 13.2 Å². The van der Waals surface area contributed by atoms with E-state index in [0.29, 0.717) is 0 Å². The van der Waals surface area contributed by atoms with E-state index < -0.39 is 17.9 Å².